The van der Waals surface area contributed by atoms with Crippen molar-refractivity contribution in [3.05, 3.63) is 34.4 Å². The van der Waals surface area contributed by atoms with Crippen molar-refractivity contribution in [1.29, 1.82) is 0 Å². The van der Waals surface area contributed by atoms with Gasteiger partial charge in [-0.15, -0.1) is 0 Å². The minimum Gasteiger partial charge on any atom is -0.376 e. The van der Waals surface area contributed by atoms with E-state index in [4.69, 9.17) is 4.74 Å². The van der Waals surface area contributed by atoms with Crippen molar-refractivity contribution in [2.24, 2.45) is 0 Å². The molecule has 0 bridgehead atoms. The van der Waals surface area contributed by atoms with E-state index >= 15 is 0 Å². The molecule has 1 atom stereocenters. The van der Waals surface area contributed by atoms with Gasteiger partial charge in [-0.3, -0.25) is 19.7 Å². The molecule has 1 unspecified atom stereocenters. The van der Waals surface area contributed by atoms with Gasteiger partial charge >= 0.3 is 11.8 Å². The summed E-state index contributed by atoms with van der Waals surface area (Å²) < 4.78 is 5.33. The van der Waals surface area contributed by atoms with Gasteiger partial charge in [-0.2, -0.15) is 0 Å². The number of rotatable bonds is 4. The molecule has 2 amide bonds. The Morgan fingerprint density at radius 3 is 2.57 bits per heavy atom. The third kappa shape index (κ3) is 4.25. The molecule has 8 nitrogen and oxygen atoms in total. The summed E-state index contributed by atoms with van der Waals surface area (Å²) >= 11 is 0. The molecule has 21 heavy (non-hydrogen) atoms. The Kier molecular flexibility index (Phi) is 4.83. The van der Waals surface area contributed by atoms with Crippen molar-refractivity contribution in [3.63, 3.8) is 0 Å². The van der Waals surface area contributed by atoms with Crippen LogP contribution < -0.4 is 10.6 Å². The molecule has 8 heteroatoms. The van der Waals surface area contributed by atoms with Crippen LogP contribution in [0.2, 0.25) is 0 Å². The summed E-state index contributed by atoms with van der Waals surface area (Å²) in [5.74, 6) is -1.58. The number of carbonyl (C=O) groups is 2. The van der Waals surface area contributed by atoms with Crippen LogP contribution in [0.3, 0.4) is 0 Å². The lowest BCUT2D eigenvalue weighted by molar-refractivity contribution is -0.384. The summed E-state index contributed by atoms with van der Waals surface area (Å²) in [6.07, 6.45) is 1.78. The van der Waals surface area contributed by atoms with Crippen LogP contribution in [0.15, 0.2) is 24.3 Å². The Bertz CT molecular complexity index is 537. The van der Waals surface area contributed by atoms with Crippen LogP contribution in [-0.4, -0.2) is 36.0 Å². The Morgan fingerprint density at radius 1 is 1.29 bits per heavy atom. The smallest absolute Gasteiger partial charge is 0.313 e. The third-order valence-electron chi connectivity index (χ3n) is 3.06. The molecule has 2 N–H and O–H groups in total. The maximum atomic E-state index is 11.6. The summed E-state index contributed by atoms with van der Waals surface area (Å²) in [6, 6.07) is 5.23. The predicted molar refractivity (Wildman–Crippen MR) is 73.7 cm³/mol. The zero-order chi connectivity index (χ0) is 15.2. The fourth-order valence-corrected chi connectivity index (χ4v) is 1.95. The van der Waals surface area contributed by atoms with Gasteiger partial charge in [0, 0.05) is 31.0 Å². The summed E-state index contributed by atoms with van der Waals surface area (Å²) in [4.78, 5) is 33.2. The van der Waals surface area contributed by atoms with Gasteiger partial charge in [-0.05, 0) is 25.0 Å². The topological polar surface area (TPSA) is 111 Å². The number of amides is 2. The second kappa shape index (κ2) is 6.80. The number of anilines is 1. The number of nitrogens with one attached hydrogen (secondary N) is 2. The fraction of sp³-hybridized carbons (Fsp3) is 0.385. The number of non-ortho nitro benzene ring substituents is 1. The quantitative estimate of drug-likeness (QED) is 0.485. The van der Waals surface area contributed by atoms with Gasteiger partial charge in [0.1, 0.15) is 0 Å². The van der Waals surface area contributed by atoms with E-state index in [0.29, 0.717) is 18.8 Å². The third-order valence-corrected chi connectivity index (χ3v) is 3.06. The number of benzene rings is 1. The molecule has 2 rings (SSSR count). The van der Waals surface area contributed by atoms with Gasteiger partial charge < -0.3 is 15.4 Å². The summed E-state index contributed by atoms with van der Waals surface area (Å²) in [5.41, 5.74) is 0.230. The highest BCUT2D eigenvalue weighted by Crippen LogP contribution is 2.15. The Balaban J connectivity index is 1.82. The van der Waals surface area contributed by atoms with Crippen LogP contribution in [0, 0.1) is 10.1 Å². The molecule has 112 valence electrons. The highest BCUT2D eigenvalue weighted by Gasteiger charge is 2.19. The van der Waals surface area contributed by atoms with Gasteiger partial charge in [0.25, 0.3) is 5.69 Å². The molecule has 1 aliphatic heterocycles. The van der Waals surface area contributed by atoms with Gasteiger partial charge in [0.05, 0.1) is 11.0 Å². The van der Waals surface area contributed by atoms with Crippen molar-refractivity contribution in [3.8, 4) is 0 Å². The average molecular weight is 293 g/mol. The van der Waals surface area contributed by atoms with E-state index in [-0.39, 0.29) is 11.8 Å². The second-order valence-corrected chi connectivity index (χ2v) is 4.60. The molecule has 1 aromatic rings. The van der Waals surface area contributed by atoms with Gasteiger partial charge in [0.2, 0.25) is 0 Å². The lowest BCUT2D eigenvalue weighted by Crippen LogP contribution is -2.39. The van der Waals surface area contributed by atoms with E-state index in [1.807, 2.05) is 0 Å². The first kappa shape index (κ1) is 14.9. The van der Waals surface area contributed by atoms with Gasteiger partial charge in [0.15, 0.2) is 0 Å². The SMILES string of the molecule is O=C(NCC1CCCO1)C(=O)Nc1ccc([N+](=O)[O-])cc1. The van der Waals surface area contributed by atoms with E-state index in [0.717, 1.165) is 12.8 Å². The summed E-state index contributed by atoms with van der Waals surface area (Å²) in [5, 5.41) is 15.4. The molecule has 0 aromatic heterocycles. The Hall–Kier alpha value is -2.48. The molecule has 1 aromatic carbocycles. The zero-order valence-corrected chi connectivity index (χ0v) is 11.2. The second-order valence-electron chi connectivity index (χ2n) is 4.60. The molecule has 0 saturated carbocycles. The van der Waals surface area contributed by atoms with Crippen molar-refractivity contribution in [2.75, 3.05) is 18.5 Å². The first-order valence-corrected chi connectivity index (χ1v) is 6.51. The Morgan fingerprint density at radius 2 is 2.00 bits per heavy atom. The van der Waals surface area contributed by atoms with Crippen LogP contribution in [-0.2, 0) is 14.3 Å². The molecule has 1 aliphatic rings. The number of hydrogen-bond donors (Lipinski definition) is 2. The molecule has 0 spiro atoms. The summed E-state index contributed by atoms with van der Waals surface area (Å²) in [7, 11) is 0. The standard InChI is InChI=1S/C13H15N3O5/c17-12(14-8-11-2-1-7-21-11)13(18)15-9-3-5-10(6-4-9)16(19)20/h3-6,11H,1-2,7-8H2,(H,14,17)(H,15,18). The molecule has 1 saturated heterocycles. The molecular formula is C13H15N3O5. The fourth-order valence-electron chi connectivity index (χ4n) is 1.95. The number of nitro benzene ring substituents is 1. The van der Waals surface area contributed by atoms with Gasteiger partial charge in [-0.25, -0.2) is 0 Å². The minimum atomic E-state index is -0.818. The monoisotopic (exact) mass is 293 g/mol. The van der Waals surface area contributed by atoms with E-state index in [1.165, 1.54) is 24.3 Å². The van der Waals surface area contributed by atoms with E-state index in [2.05, 4.69) is 10.6 Å². The van der Waals surface area contributed by atoms with Crippen molar-refractivity contribution in [1.82, 2.24) is 5.32 Å². The van der Waals surface area contributed by atoms with E-state index in [9.17, 15) is 19.7 Å². The lowest BCUT2D eigenvalue weighted by Gasteiger charge is -2.10. The van der Waals surface area contributed by atoms with E-state index < -0.39 is 16.7 Å². The maximum absolute atomic E-state index is 11.6. The van der Waals surface area contributed by atoms with Crippen LogP contribution in [0.5, 0.6) is 0 Å². The maximum Gasteiger partial charge on any atom is 0.313 e. The van der Waals surface area contributed by atoms with Gasteiger partial charge in [-0.1, -0.05) is 0 Å². The number of carbonyl (C=O) groups excluding carboxylic acids is 2. The van der Waals surface area contributed by atoms with Crippen molar-refractivity contribution in [2.45, 2.75) is 18.9 Å². The largest absolute Gasteiger partial charge is 0.376 e. The first-order valence-electron chi connectivity index (χ1n) is 6.51. The summed E-state index contributed by atoms with van der Waals surface area (Å²) in [6.45, 7) is 0.974. The van der Waals surface area contributed by atoms with Crippen LogP contribution >= 0.6 is 0 Å². The number of ether oxygens (including phenoxy) is 1. The predicted octanol–water partition coefficient (Wildman–Crippen LogP) is 0.828. The van der Waals surface area contributed by atoms with Crippen LogP contribution in [0.4, 0.5) is 11.4 Å². The van der Waals surface area contributed by atoms with Crippen molar-refractivity contribution >= 4 is 23.2 Å². The zero-order valence-electron chi connectivity index (χ0n) is 11.2. The highest BCUT2D eigenvalue weighted by molar-refractivity contribution is 6.39. The molecule has 0 radical (unpaired) electrons. The number of nitro groups is 1. The minimum absolute atomic E-state index is 0.0406. The average Bonchev–Trinajstić information content (AvgIpc) is 2.98. The number of nitrogens with zero attached hydrogens (tertiary/aromatic N) is 1. The molecule has 0 aliphatic carbocycles. The van der Waals surface area contributed by atoms with E-state index in [1.54, 1.807) is 0 Å². The highest BCUT2D eigenvalue weighted by atomic mass is 16.6. The number of hydrogen-bond acceptors (Lipinski definition) is 5. The van der Waals surface area contributed by atoms with Crippen LogP contribution in [0.25, 0.3) is 0 Å². The molecular weight excluding hydrogens is 278 g/mol. The van der Waals surface area contributed by atoms with Crippen molar-refractivity contribution < 1.29 is 19.2 Å². The van der Waals surface area contributed by atoms with Crippen LogP contribution in [0.1, 0.15) is 12.8 Å². The normalized spacial score (nSPS) is 17.2. The first-order chi connectivity index (χ1) is 10.1. The lowest BCUT2D eigenvalue weighted by atomic mass is 10.2. The molecule has 1 fully saturated rings. The Labute approximate surface area is 120 Å². The molecule has 1 heterocycles.